The van der Waals surface area contributed by atoms with Gasteiger partial charge < -0.3 is 15.5 Å². The summed E-state index contributed by atoms with van der Waals surface area (Å²) in [4.78, 5) is 12.5. The molecule has 4 nitrogen and oxygen atoms in total. The molecule has 0 aliphatic heterocycles. The molecule has 0 saturated heterocycles. The number of aliphatic hydroxyl groups excluding tert-OH is 2. The number of carbonyl (C=O) groups excluding carboxylic acids is 1. The van der Waals surface area contributed by atoms with Crippen molar-refractivity contribution in [3.05, 3.63) is 158 Å². The van der Waals surface area contributed by atoms with Gasteiger partial charge in [-0.2, -0.15) is 0 Å². The van der Waals surface area contributed by atoms with Crippen molar-refractivity contribution in [2.75, 3.05) is 6.61 Å². The summed E-state index contributed by atoms with van der Waals surface area (Å²) in [5, 5.41) is 23.2. The van der Waals surface area contributed by atoms with Crippen molar-refractivity contribution in [3.8, 4) is 0 Å². The van der Waals surface area contributed by atoms with E-state index in [-0.39, 0.29) is 12.5 Å². The zero-order valence-corrected chi connectivity index (χ0v) is 53.7. The van der Waals surface area contributed by atoms with Gasteiger partial charge in [0, 0.05) is 6.42 Å². The molecule has 0 aliphatic rings. The molecule has 2 unspecified atom stereocenters. The van der Waals surface area contributed by atoms with Crippen LogP contribution in [0, 0.1) is 0 Å². The van der Waals surface area contributed by atoms with Crippen LogP contribution < -0.4 is 5.32 Å². The lowest BCUT2D eigenvalue weighted by atomic mass is 10.0. The Balaban J connectivity index is 3.64. The quantitative estimate of drug-likeness (QED) is 0.0420. The highest BCUT2D eigenvalue weighted by Gasteiger charge is 2.18. The number of amides is 1. The molecule has 3 N–H and O–H groups in total. The van der Waals surface area contributed by atoms with E-state index in [9.17, 15) is 15.0 Å². The highest BCUT2D eigenvalue weighted by molar-refractivity contribution is 5.76. The van der Waals surface area contributed by atoms with Crippen LogP contribution in [-0.4, -0.2) is 34.9 Å². The van der Waals surface area contributed by atoms with Gasteiger partial charge in [0.1, 0.15) is 0 Å². The molecule has 466 valence electrons. The lowest BCUT2D eigenvalue weighted by Crippen LogP contribution is -2.45. The van der Waals surface area contributed by atoms with E-state index in [1.54, 1.807) is 6.08 Å². The normalized spacial score (nSPS) is 13.8. The van der Waals surface area contributed by atoms with Crippen LogP contribution in [0.5, 0.6) is 0 Å². The predicted octanol–water partition coefficient (Wildman–Crippen LogP) is 24.0. The van der Waals surface area contributed by atoms with E-state index in [4.69, 9.17) is 0 Å². The van der Waals surface area contributed by atoms with E-state index in [0.717, 1.165) is 116 Å². The topological polar surface area (TPSA) is 69.6 Å². The number of nitrogens with one attached hydrogen (secondary N) is 1. The molecule has 0 saturated carbocycles. The Morgan fingerprint density at radius 3 is 0.854 bits per heavy atom. The van der Waals surface area contributed by atoms with E-state index in [1.807, 2.05) is 6.08 Å². The second-order valence-electron chi connectivity index (χ2n) is 22.9. The van der Waals surface area contributed by atoms with Crippen molar-refractivity contribution in [1.82, 2.24) is 5.32 Å². The summed E-state index contributed by atoms with van der Waals surface area (Å²) in [6.07, 6.45) is 113. The van der Waals surface area contributed by atoms with Crippen molar-refractivity contribution in [2.24, 2.45) is 0 Å². The second kappa shape index (κ2) is 71.3. The largest absolute Gasteiger partial charge is 0.394 e. The fourth-order valence-corrected chi connectivity index (χ4v) is 9.79. The first kappa shape index (κ1) is 78.0. The summed E-state index contributed by atoms with van der Waals surface area (Å²) in [5.41, 5.74) is 0. The zero-order chi connectivity index (χ0) is 59.1. The molecule has 82 heavy (non-hydrogen) atoms. The van der Waals surface area contributed by atoms with Gasteiger partial charge in [-0.15, -0.1) is 0 Å². The van der Waals surface area contributed by atoms with Gasteiger partial charge in [0.05, 0.1) is 18.8 Å². The predicted molar refractivity (Wildman–Crippen MR) is 368 cm³/mol. The first-order valence-electron chi connectivity index (χ1n) is 34.7. The molecule has 4 heteroatoms. The minimum atomic E-state index is -0.884. The van der Waals surface area contributed by atoms with Gasteiger partial charge in [-0.3, -0.25) is 4.79 Å². The highest BCUT2D eigenvalue weighted by Crippen LogP contribution is 2.17. The highest BCUT2D eigenvalue weighted by atomic mass is 16.3. The summed E-state index contributed by atoms with van der Waals surface area (Å²) in [5.74, 6) is -0.0963. The zero-order valence-electron chi connectivity index (χ0n) is 53.7. The van der Waals surface area contributed by atoms with Crippen LogP contribution in [0.1, 0.15) is 309 Å². The van der Waals surface area contributed by atoms with Crippen LogP contribution in [-0.2, 0) is 4.79 Å². The number of unbranched alkanes of at least 4 members (excludes halogenated alkanes) is 31. The molecule has 0 spiro atoms. The molecular formula is C78H131NO3. The first-order valence-corrected chi connectivity index (χ1v) is 34.7. The molecule has 0 radical (unpaired) electrons. The second-order valence-corrected chi connectivity index (χ2v) is 22.9. The van der Waals surface area contributed by atoms with Gasteiger partial charge in [0.25, 0.3) is 0 Å². The third-order valence-electron chi connectivity index (χ3n) is 15.0. The van der Waals surface area contributed by atoms with Gasteiger partial charge in [0.15, 0.2) is 0 Å². The average Bonchev–Trinajstić information content (AvgIpc) is 3.50. The molecule has 0 aromatic rings. The van der Waals surface area contributed by atoms with Crippen molar-refractivity contribution in [2.45, 2.75) is 321 Å². The Morgan fingerprint density at radius 1 is 0.305 bits per heavy atom. The van der Waals surface area contributed by atoms with Crippen LogP contribution in [0.4, 0.5) is 0 Å². The number of hydrogen-bond acceptors (Lipinski definition) is 3. The lowest BCUT2D eigenvalue weighted by Gasteiger charge is -2.19. The van der Waals surface area contributed by atoms with Gasteiger partial charge in [-0.25, -0.2) is 0 Å². The van der Waals surface area contributed by atoms with Gasteiger partial charge in [0.2, 0.25) is 5.91 Å². The monoisotopic (exact) mass is 1130 g/mol. The van der Waals surface area contributed by atoms with E-state index in [0.29, 0.717) is 6.42 Å². The van der Waals surface area contributed by atoms with E-state index >= 15 is 0 Å². The number of aliphatic hydroxyl groups is 2. The van der Waals surface area contributed by atoms with E-state index in [2.05, 4.69) is 165 Å². The maximum absolute atomic E-state index is 12.5. The first-order chi connectivity index (χ1) is 40.7. The molecule has 0 aromatic heterocycles. The maximum atomic E-state index is 12.5. The smallest absolute Gasteiger partial charge is 0.220 e. The maximum Gasteiger partial charge on any atom is 0.220 e. The Kier molecular flexibility index (Phi) is 67.8. The molecule has 0 aliphatic carbocycles. The van der Waals surface area contributed by atoms with Crippen LogP contribution >= 0.6 is 0 Å². The van der Waals surface area contributed by atoms with Crippen molar-refractivity contribution in [1.29, 1.82) is 0 Å². The number of carbonyl (C=O) groups is 1. The SMILES string of the molecule is CC/C=C\C/C=C\C/C=C\C/C=C\C/C=C\C/C=C\C/C=C\C/C=C\C/C=C\C/C=C\C/C=C\CCCCCCCC(=O)NC(CO)C(O)/C=C/CC/C=C/CCCCCCCCCCCCCCCCCCCCCCCCCCC. The van der Waals surface area contributed by atoms with E-state index < -0.39 is 12.1 Å². The molecule has 1 amide bonds. The number of allylic oxidation sites excluding steroid dienone is 25. The summed E-state index contributed by atoms with van der Waals surface area (Å²) in [7, 11) is 0. The van der Waals surface area contributed by atoms with Crippen LogP contribution in [0.2, 0.25) is 0 Å². The van der Waals surface area contributed by atoms with Gasteiger partial charge in [-0.1, -0.05) is 345 Å². The van der Waals surface area contributed by atoms with Crippen LogP contribution in [0.25, 0.3) is 0 Å². The van der Waals surface area contributed by atoms with Gasteiger partial charge >= 0.3 is 0 Å². The minimum absolute atomic E-state index is 0.0963. The Hall–Kier alpha value is -3.99. The van der Waals surface area contributed by atoms with Gasteiger partial charge in [-0.05, 0) is 116 Å². The standard InChI is InChI=1S/C78H131NO3/c1-3-5-7-9-11-13-15-17-19-21-23-25-27-29-31-33-35-36-37-38-39-40-41-42-44-46-48-50-52-54-56-58-60-62-64-66-68-70-72-74-78(82)79-76(75-80)77(81)73-71-69-67-65-63-61-59-57-55-53-51-49-47-45-43-34-32-30-28-26-24-22-20-18-16-14-12-10-8-6-4-2/h5,7,11,13,17,19,23,25,29,31,35-36,38-39,41-42,46,48,52,54,58,60,63,65,71,73,76-77,80-81H,3-4,6,8-10,12,14-16,18,20-22,24,26-28,30,32-34,37,40,43-45,47,49-51,53,55-57,59,61-62,64,66-70,72,74-75H2,1-2H3,(H,79,82)/b7-5-,13-11-,19-17-,25-23-,31-29-,36-35-,39-38-,42-41-,48-46-,54-52-,60-58-,65-63+,73-71+. The van der Waals surface area contributed by atoms with Crippen molar-refractivity contribution in [3.63, 3.8) is 0 Å². The van der Waals surface area contributed by atoms with Crippen LogP contribution in [0.3, 0.4) is 0 Å². The summed E-state index contributed by atoms with van der Waals surface area (Å²) in [6.45, 7) is 4.19. The third-order valence-corrected chi connectivity index (χ3v) is 15.0. The molecule has 0 bridgehead atoms. The fraction of sp³-hybridized carbons (Fsp3) is 0.654. The van der Waals surface area contributed by atoms with Crippen molar-refractivity contribution >= 4 is 5.91 Å². The molecule has 2 atom stereocenters. The number of hydrogen-bond donors (Lipinski definition) is 3. The molecule has 0 fully saturated rings. The number of rotatable bonds is 62. The summed E-state index contributed by atoms with van der Waals surface area (Å²) in [6, 6.07) is -0.664. The van der Waals surface area contributed by atoms with E-state index in [1.165, 1.54) is 173 Å². The molecule has 0 aromatic carbocycles. The lowest BCUT2D eigenvalue weighted by molar-refractivity contribution is -0.123. The third kappa shape index (κ3) is 66.8. The Labute approximate surface area is 509 Å². The Morgan fingerprint density at radius 2 is 0.549 bits per heavy atom. The molecular weight excluding hydrogens is 999 g/mol. The average molecular weight is 1130 g/mol. The van der Waals surface area contributed by atoms with Crippen LogP contribution in [0.15, 0.2) is 158 Å². The molecule has 0 heterocycles. The summed E-state index contributed by atoms with van der Waals surface area (Å²) < 4.78 is 0. The Bertz CT molecular complexity index is 1710. The fourth-order valence-electron chi connectivity index (χ4n) is 9.79. The molecule has 0 rings (SSSR count). The summed E-state index contributed by atoms with van der Waals surface area (Å²) >= 11 is 0. The minimum Gasteiger partial charge on any atom is -0.394 e. The van der Waals surface area contributed by atoms with Crippen molar-refractivity contribution < 1.29 is 15.0 Å².